The predicted octanol–water partition coefficient (Wildman–Crippen LogP) is 9.86. The van der Waals surface area contributed by atoms with E-state index in [1.807, 2.05) is 4.73 Å². The molecule has 4 rings (SSSR count). The Bertz CT molecular complexity index is 1730. The van der Waals surface area contributed by atoms with Crippen LogP contribution in [0.25, 0.3) is 21.9 Å². The van der Waals surface area contributed by atoms with E-state index < -0.39 is 10.9 Å². The first-order valence-electron chi connectivity index (χ1n) is 21.2. The van der Waals surface area contributed by atoms with Crippen LogP contribution in [0.1, 0.15) is 156 Å². The number of aryl methyl sites for hydroxylation is 1. The van der Waals surface area contributed by atoms with Crippen molar-refractivity contribution in [2.75, 3.05) is 48.4 Å². The van der Waals surface area contributed by atoms with Crippen molar-refractivity contribution in [3.63, 3.8) is 0 Å². The molecule has 10 heteroatoms. The summed E-state index contributed by atoms with van der Waals surface area (Å²) in [6, 6.07) is 6.59. The van der Waals surface area contributed by atoms with Gasteiger partial charge in [0.1, 0.15) is 34.8 Å². The van der Waals surface area contributed by atoms with Crippen LogP contribution in [-0.2, 0) is 6.42 Å². The third kappa shape index (κ3) is 12.4. The average molecular weight is 749 g/mol. The quantitative estimate of drug-likeness (QED) is 0.0274. The van der Waals surface area contributed by atoms with E-state index in [9.17, 15) is 9.59 Å². The number of benzene rings is 1. The molecule has 0 radical (unpaired) electrons. The molecule has 2 heterocycles. The first-order chi connectivity index (χ1) is 25.9. The number of fused-ring (bicyclic) bond motifs is 3. The highest BCUT2D eigenvalue weighted by Crippen LogP contribution is 2.35. The second-order valence-electron chi connectivity index (χ2n) is 14.7. The molecule has 2 aromatic carbocycles. The fourth-order valence-electron chi connectivity index (χ4n) is 7.32. The van der Waals surface area contributed by atoms with E-state index >= 15 is 0 Å². The van der Waals surface area contributed by atoms with E-state index in [0.717, 1.165) is 86.1 Å². The third-order valence-corrected chi connectivity index (χ3v) is 13.1. The molecule has 0 amide bonds. The Labute approximate surface area is 320 Å². The number of anilines is 3. The van der Waals surface area contributed by atoms with Crippen molar-refractivity contribution >= 4 is 52.4 Å². The summed E-state index contributed by atoms with van der Waals surface area (Å²) < 4.78 is 1.89. The summed E-state index contributed by atoms with van der Waals surface area (Å²) in [4.78, 5) is 40.7. The number of nitrogens with zero attached hydrogens (tertiary/aromatic N) is 3. The summed E-state index contributed by atoms with van der Waals surface area (Å²) >= 11 is 0. The fourth-order valence-corrected chi connectivity index (χ4v) is 9.08. The van der Waals surface area contributed by atoms with Crippen molar-refractivity contribution in [2.45, 2.75) is 156 Å². The summed E-state index contributed by atoms with van der Waals surface area (Å²) in [5.41, 5.74) is 9.01. The zero-order chi connectivity index (χ0) is 37.8. The molecular weight excluding hydrogens is 679 g/mol. The van der Waals surface area contributed by atoms with Gasteiger partial charge in [0.05, 0.1) is 5.52 Å². The van der Waals surface area contributed by atoms with Gasteiger partial charge in [-0.1, -0.05) is 138 Å². The van der Waals surface area contributed by atoms with Crippen LogP contribution in [-0.4, -0.2) is 46.7 Å². The number of hydrogen-bond donors (Lipinski definition) is 3. The SMILES string of the molecule is CCCCCCCCCCCCCCCCCNc1c(NCCCCOn2c(CCCC)nc3c(N)nc4cc(P(CC)CC)ccc4c32)c(=O)c1=O. The molecule has 0 bridgehead atoms. The molecule has 0 fully saturated rings. The zero-order valence-electron chi connectivity index (χ0n) is 33.5. The Kier molecular flexibility index (Phi) is 18.9. The zero-order valence-corrected chi connectivity index (χ0v) is 34.4. The highest BCUT2D eigenvalue weighted by molar-refractivity contribution is 7.65. The van der Waals surface area contributed by atoms with Gasteiger partial charge in [-0.3, -0.25) is 9.59 Å². The van der Waals surface area contributed by atoms with Crippen molar-refractivity contribution in [2.24, 2.45) is 0 Å². The summed E-state index contributed by atoms with van der Waals surface area (Å²) in [6.45, 7) is 10.8. The van der Waals surface area contributed by atoms with Crippen molar-refractivity contribution in [1.29, 1.82) is 0 Å². The molecule has 53 heavy (non-hydrogen) atoms. The van der Waals surface area contributed by atoms with Crippen LogP contribution in [0.5, 0.6) is 0 Å². The number of pyridine rings is 1. The minimum Gasteiger partial charge on any atom is -0.412 e. The van der Waals surface area contributed by atoms with Crippen LogP contribution in [0.3, 0.4) is 0 Å². The third-order valence-electron chi connectivity index (χ3n) is 10.6. The molecule has 4 aromatic rings. The molecule has 9 nitrogen and oxygen atoms in total. The van der Waals surface area contributed by atoms with Crippen LogP contribution in [0.2, 0.25) is 0 Å². The molecule has 0 saturated carbocycles. The lowest BCUT2D eigenvalue weighted by atomic mass is 10.0. The maximum absolute atomic E-state index is 12.3. The van der Waals surface area contributed by atoms with Crippen LogP contribution >= 0.6 is 7.92 Å². The van der Waals surface area contributed by atoms with Crippen molar-refractivity contribution in [3.8, 4) is 0 Å². The van der Waals surface area contributed by atoms with E-state index in [-0.39, 0.29) is 7.92 Å². The van der Waals surface area contributed by atoms with Gasteiger partial charge >= 0.3 is 0 Å². The van der Waals surface area contributed by atoms with E-state index in [1.54, 1.807) is 0 Å². The van der Waals surface area contributed by atoms with Crippen LogP contribution in [0, 0.1) is 0 Å². The monoisotopic (exact) mass is 749 g/mol. The van der Waals surface area contributed by atoms with Gasteiger partial charge in [-0.25, -0.2) is 9.97 Å². The highest BCUT2D eigenvalue weighted by Gasteiger charge is 2.21. The number of nitrogen functional groups attached to an aromatic ring is 1. The van der Waals surface area contributed by atoms with Gasteiger partial charge in [0.15, 0.2) is 5.82 Å². The molecule has 4 N–H and O–H groups in total. The van der Waals surface area contributed by atoms with Gasteiger partial charge in [0.2, 0.25) is 0 Å². The molecule has 2 aromatic heterocycles. The second kappa shape index (κ2) is 23.6. The predicted molar refractivity (Wildman–Crippen MR) is 230 cm³/mol. The van der Waals surface area contributed by atoms with Gasteiger partial charge in [-0.15, -0.1) is 0 Å². The number of rotatable bonds is 30. The summed E-state index contributed by atoms with van der Waals surface area (Å²) in [7, 11) is -0.212. The minimum atomic E-state index is -0.419. The molecule has 0 aliphatic heterocycles. The van der Waals surface area contributed by atoms with E-state index in [1.165, 1.54) is 88.8 Å². The normalized spacial score (nSPS) is 11.8. The Hall–Kier alpha value is -3.19. The maximum atomic E-state index is 12.3. The Morgan fingerprint density at radius 1 is 0.679 bits per heavy atom. The van der Waals surface area contributed by atoms with Gasteiger partial charge in [-0.05, 0) is 55.4 Å². The maximum Gasteiger partial charge on any atom is 0.253 e. The van der Waals surface area contributed by atoms with Gasteiger partial charge in [0, 0.05) is 24.9 Å². The molecule has 0 saturated heterocycles. The van der Waals surface area contributed by atoms with Gasteiger partial charge in [0.25, 0.3) is 10.9 Å². The lowest BCUT2D eigenvalue weighted by Gasteiger charge is -2.16. The smallest absolute Gasteiger partial charge is 0.253 e. The lowest BCUT2D eigenvalue weighted by molar-refractivity contribution is 0.109. The number of aromatic nitrogens is 3. The van der Waals surface area contributed by atoms with Crippen molar-refractivity contribution in [3.05, 3.63) is 44.5 Å². The fraction of sp³-hybridized carbons (Fsp3) is 0.674. The molecule has 294 valence electrons. The Morgan fingerprint density at radius 2 is 1.21 bits per heavy atom. The van der Waals surface area contributed by atoms with E-state index in [2.05, 4.69) is 56.5 Å². The number of unbranched alkanes of at least 4 members (excludes halogenated alkanes) is 16. The van der Waals surface area contributed by atoms with Crippen LogP contribution < -0.4 is 37.4 Å². The molecule has 0 aliphatic rings. The highest BCUT2D eigenvalue weighted by atomic mass is 31.1. The standard InChI is InChI=1S/C43H69N6O3P/c1-5-9-11-12-13-14-15-16-17-18-19-20-21-22-23-29-45-37-38(42(51)41(37)50)46-30-24-25-31-52-49-36(26-10-6-2)48-39-40(49)34-28-27-33(53(7-3)8-4)32-35(34)47-43(39)44/h27-28,32,45-46H,5-26,29-31H2,1-4H3,(H2,44,47). The number of nitrogens with two attached hydrogens (primary N) is 1. The molecule has 0 spiro atoms. The second-order valence-corrected chi connectivity index (χ2v) is 17.6. The number of hydrogen-bond acceptors (Lipinski definition) is 8. The topological polar surface area (TPSA) is 124 Å². The number of imidazole rings is 1. The summed E-state index contributed by atoms with van der Waals surface area (Å²) in [6.07, 6.45) is 26.6. The van der Waals surface area contributed by atoms with Crippen LogP contribution in [0.15, 0.2) is 27.8 Å². The van der Waals surface area contributed by atoms with Gasteiger partial charge < -0.3 is 21.2 Å². The molecule has 0 atom stereocenters. The number of nitrogens with one attached hydrogen (secondary N) is 2. The average Bonchev–Trinajstić information content (AvgIpc) is 3.54. The van der Waals surface area contributed by atoms with Crippen molar-refractivity contribution in [1.82, 2.24) is 14.7 Å². The molecule has 0 aliphatic carbocycles. The first kappa shape index (κ1) is 42.6. The Morgan fingerprint density at radius 3 is 1.75 bits per heavy atom. The van der Waals surface area contributed by atoms with Gasteiger partial charge in [-0.2, -0.15) is 4.73 Å². The minimum absolute atomic E-state index is 0.212. The molecule has 0 unspecified atom stereocenters. The van der Waals surface area contributed by atoms with E-state index in [0.29, 0.717) is 35.9 Å². The van der Waals surface area contributed by atoms with E-state index in [4.69, 9.17) is 20.5 Å². The molecular formula is C43H69N6O3P. The lowest BCUT2D eigenvalue weighted by Crippen LogP contribution is -2.37. The largest absolute Gasteiger partial charge is 0.412 e. The Balaban J connectivity index is 1.17. The summed E-state index contributed by atoms with van der Waals surface area (Å²) in [5.74, 6) is 1.30. The first-order valence-corrected chi connectivity index (χ1v) is 23.0. The van der Waals surface area contributed by atoms with Crippen molar-refractivity contribution < 1.29 is 4.84 Å². The van der Waals surface area contributed by atoms with Crippen LogP contribution in [0.4, 0.5) is 17.2 Å². The summed E-state index contributed by atoms with van der Waals surface area (Å²) in [5, 5.41) is 8.81.